The highest BCUT2D eigenvalue weighted by molar-refractivity contribution is 7.93. The number of hydrogen-bond donors (Lipinski definition) is 1. The molecule has 1 fully saturated rings. The number of carbonyl (C=O) groups is 1. The van der Waals surface area contributed by atoms with E-state index >= 15 is 0 Å². The minimum absolute atomic E-state index is 0.0201. The molecule has 4 nitrogen and oxygen atoms in total. The van der Waals surface area contributed by atoms with Crippen LogP contribution in [0.15, 0.2) is 0 Å². The van der Waals surface area contributed by atoms with Crippen LogP contribution in [0.1, 0.15) is 39.5 Å². The number of carboxylic acids is 1. The van der Waals surface area contributed by atoms with Crippen molar-refractivity contribution < 1.29 is 18.3 Å². The van der Waals surface area contributed by atoms with Crippen LogP contribution < -0.4 is 0 Å². The number of hydrogen-bond acceptors (Lipinski definition) is 3. The van der Waals surface area contributed by atoms with E-state index in [9.17, 15) is 13.2 Å². The van der Waals surface area contributed by atoms with Gasteiger partial charge >= 0.3 is 5.97 Å². The van der Waals surface area contributed by atoms with E-state index in [1.807, 2.05) is 0 Å². The standard InChI is InChI=1S/C10H18O4S/c1-10(2,9(11)12)15(13,14)7-8-5-3-4-6-8/h8H,3-7H2,1-2H3,(H,11,12). The molecule has 0 heterocycles. The van der Waals surface area contributed by atoms with E-state index in [1.165, 1.54) is 13.8 Å². The molecule has 0 aliphatic heterocycles. The molecule has 1 N–H and O–H groups in total. The SMILES string of the molecule is CC(C)(C(=O)O)S(=O)(=O)CC1CCCC1. The van der Waals surface area contributed by atoms with E-state index in [2.05, 4.69) is 0 Å². The van der Waals surface area contributed by atoms with Crippen molar-refractivity contribution in [2.75, 3.05) is 5.75 Å². The number of rotatable bonds is 4. The summed E-state index contributed by atoms with van der Waals surface area (Å²) >= 11 is 0. The van der Waals surface area contributed by atoms with Crippen LogP contribution in [0.25, 0.3) is 0 Å². The predicted octanol–water partition coefficient (Wildman–Crippen LogP) is 1.45. The lowest BCUT2D eigenvalue weighted by Gasteiger charge is -2.21. The van der Waals surface area contributed by atoms with Crippen LogP contribution in [0.3, 0.4) is 0 Å². The van der Waals surface area contributed by atoms with Gasteiger partial charge in [0.1, 0.15) is 0 Å². The van der Waals surface area contributed by atoms with Crippen LogP contribution in [0, 0.1) is 5.92 Å². The molecule has 0 amide bonds. The third-order valence-electron chi connectivity index (χ3n) is 3.22. The molecule has 1 aliphatic carbocycles. The molecule has 0 unspecified atom stereocenters. The lowest BCUT2D eigenvalue weighted by molar-refractivity contribution is -0.139. The molecule has 88 valence electrons. The van der Waals surface area contributed by atoms with Crippen LogP contribution in [0.2, 0.25) is 0 Å². The van der Waals surface area contributed by atoms with Crippen molar-refractivity contribution in [3.05, 3.63) is 0 Å². The summed E-state index contributed by atoms with van der Waals surface area (Å²) in [7, 11) is -3.54. The fourth-order valence-corrected chi connectivity index (χ4v) is 3.47. The topological polar surface area (TPSA) is 71.4 Å². The fraction of sp³-hybridized carbons (Fsp3) is 0.900. The van der Waals surface area contributed by atoms with E-state index in [-0.39, 0.29) is 11.7 Å². The first-order valence-electron chi connectivity index (χ1n) is 5.23. The zero-order valence-electron chi connectivity index (χ0n) is 9.19. The molecule has 0 radical (unpaired) electrons. The smallest absolute Gasteiger partial charge is 0.324 e. The first-order valence-corrected chi connectivity index (χ1v) is 6.88. The summed E-state index contributed by atoms with van der Waals surface area (Å²) in [6, 6.07) is 0. The van der Waals surface area contributed by atoms with Gasteiger partial charge in [-0.05, 0) is 32.6 Å². The molecule has 0 bridgehead atoms. The summed E-state index contributed by atoms with van der Waals surface area (Å²) in [6.07, 6.45) is 3.95. The van der Waals surface area contributed by atoms with Crippen molar-refractivity contribution in [3.63, 3.8) is 0 Å². The summed E-state index contributed by atoms with van der Waals surface area (Å²) in [5, 5.41) is 8.87. The maximum atomic E-state index is 11.9. The highest BCUT2D eigenvalue weighted by atomic mass is 32.2. The van der Waals surface area contributed by atoms with Gasteiger partial charge in [0.05, 0.1) is 5.75 Å². The van der Waals surface area contributed by atoms with Gasteiger partial charge in [-0.3, -0.25) is 4.79 Å². The average molecular weight is 234 g/mol. The van der Waals surface area contributed by atoms with Gasteiger partial charge in [0.25, 0.3) is 0 Å². The second-order valence-corrected chi connectivity index (χ2v) is 7.33. The number of aliphatic carboxylic acids is 1. The second-order valence-electron chi connectivity index (χ2n) is 4.75. The molecular formula is C10H18O4S. The maximum Gasteiger partial charge on any atom is 0.324 e. The zero-order valence-corrected chi connectivity index (χ0v) is 10.0. The Hall–Kier alpha value is -0.580. The van der Waals surface area contributed by atoms with Gasteiger partial charge in [0.15, 0.2) is 14.6 Å². The van der Waals surface area contributed by atoms with Crippen molar-refractivity contribution in [1.82, 2.24) is 0 Å². The van der Waals surface area contributed by atoms with Gasteiger partial charge in [0.2, 0.25) is 0 Å². The third kappa shape index (κ3) is 2.51. The molecule has 0 aromatic rings. The van der Waals surface area contributed by atoms with Crippen molar-refractivity contribution >= 4 is 15.8 Å². The Morgan fingerprint density at radius 1 is 1.33 bits per heavy atom. The molecule has 5 heteroatoms. The lowest BCUT2D eigenvalue weighted by Crippen LogP contribution is -2.43. The number of sulfone groups is 1. The summed E-state index contributed by atoms with van der Waals surface area (Å²) in [5.41, 5.74) is 0. The average Bonchev–Trinajstić information content (AvgIpc) is 2.55. The summed E-state index contributed by atoms with van der Waals surface area (Å²) < 4.78 is 22.1. The minimum Gasteiger partial charge on any atom is -0.480 e. The Morgan fingerprint density at radius 3 is 2.20 bits per heavy atom. The van der Waals surface area contributed by atoms with Crippen molar-refractivity contribution in [2.24, 2.45) is 5.92 Å². The van der Waals surface area contributed by atoms with Crippen LogP contribution >= 0.6 is 0 Å². The van der Waals surface area contributed by atoms with E-state index in [4.69, 9.17) is 5.11 Å². The minimum atomic E-state index is -3.54. The first kappa shape index (κ1) is 12.5. The Balaban J connectivity index is 2.78. The molecule has 0 spiro atoms. The Labute approximate surface area is 90.6 Å². The van der Waals surface area contributed by atoms with Gasteiger partial charge in [-0.15, -0.1) is 0 Å². The maximum absolute atomic E-state index is 11.9. The largest absolute Gasteiger partial charge is 0.480 e. The van der Waals surface area contributed by atoms with E-state index < -0.39 is 20.6 Å². The van der Waals surface area contributed by atoms with Gasteiger partial charge < -0.3 is 5.11 Å². The highest BCUT2D eigenvalue weighted by Gasteiger charge is 2.42. The molecule has 0 aromatic heterocycles. The molecule has 0 saturated heterocycles. The van der Waals surface area contributed by atoms with Crippen LogP contribution in [0.5, 0.6) is 0 Å². The van der Waals surface area contributed by atoms with Gasteiger partial charge in [-0.2, -0.15) is 0 Å². The normalized spacial score (nSPS) is 19.3. The van der Waals surface area contributed by atoms with Crippen LogP contribution in [-0.2, 0) is 14.6 Å². The van der Waals surface area contributed by atoms with E-state index in [0.717, 1.165) is 25.7 Å². The predicted molar refractivity (Wildman–Crippen MR) is 57.5 cm³/mol. The summed E-state index contributed by atoms with van der Waals surface area (Å²) in [4.78, 5) is 10.9. The van der Waals surface area contributed by atoms with E-state index in [0.29, 0.717) is 0 Å². The zero-order chi connectivity index (χ0) is 11.7. The van der Waals surface area contributed by atoms with Crippen molar-refractivity contribution in [2.45, 2.75) is 44.3 Å². The highest BCUT2D eigenvalue weighted by Crippen LogP contribution is 2.29. The van der Waals surface area contributed by atoms with Crippen LogP contribution in [0.4, 0.5) is 0 Å². The second kappa shape index (κ2) is 4.12. The summed E-state index contributed by atoms with van der Waals surface area (Å²) in [5.74, 6) is -1.08. The lowest BCUT2D eigenvalue weighted by atomic mass is 10.1. The summed E-state index contributed by atoms with van der Waals surface area (Å²) in [6.45, 7) is 2.53. The van der Waals surface area contributed by atoms with Gasteiger partial charge in [-0.1, -0.05) is 12.8 Å². The molecule has 0 aromatic carbocycles. The quantitative estimate of drug-likeness (QED) is 0.799. The molecule has 1 saturated carbocycles. The van der Waals surface area contributed by atoms with Crippen molar-refractivity contribution in [1.29, 1.82) is 0 Å². The molecule has 15 heavy (non-hydrogen) atoms. The third-order valence-corrected chi connectivity index (χ3v) is 5.86. The Bertz CT molecular complexity index is 336. The molecule has 1 aliphatic rings. The molecular weight excluding hydrogens is 216 g/mol. The Morgan fingerprint density at radius 2 is 1.80 bits per heavy atom. The van der Waals surface area contributed by atoms with Crippen LogP contribution in [-0.4, -0.2) is 30.0 Å². The van der Waals surface area contributed by atoms with Gasteiger partial charge in [0, 0.05) is 0 Å². The first-order chi connectivity index (χ1) is 6.77. The van der Waals surface area contributed by atoms with Gasteiger partial charge in [-0.25, -0.2) is 8.42 Å². The molecule has 1 rings (SSSR count). The fourth-order valence-electron chi connectivity index (χ4n) is 1.83. The van der Waals surface area contributed by atoms with Crippen molar-refractivity contribution in [3.8, 4) is 0 Å². The molecule has 0 atom stereocenters. The van der Waals surface area contributed by atoms with E-state index in [1.54, 1.807) is 0 Å². The monoisotopic (exact) mass is 234 g/mol. The number of carboxylic acid groups (broad SMARTS) is 1. The Kier molecular flexibility index (Phi) is 3.43.